The van der Waals surface area contributed by atoms with Crippen LogP contribution in [0.5, 0.6) is 5.75 Å². The van der Waals surface area contributed by atoms with Crippen molar-refractivity contribution in [2.45, 2.75) is 18.9 Å². The number of esters is 1. The Morgan fingerprint density at radius 3 is 2.76 bits per heavy atom. The van der Waals surface area contributed by atoms with Crippen LogP contribution in [-0.2, 0) is 9.47 Å². The Hall–Kier alpha value is -1.75. The molecule has 5 heteroatoms. The molecule has 1 aromatic rings. The first-order valence-electron chi connectivity index (χ1n) is 5.54. The van der Waals surface area contributed by atoms with Crippen molar-refractivity contribution in [1.82, 2.24) is 0 Å². The smallest absolute Gasteiger partial charge is 0.338 e. The van der Waals surface area contributed by atoms with Gasteiger partial charge in [-0.15, -0.1) is 0 Å². The molecule has 0 bridgehead atoms. The minimum absolute atomic E-state index is 0.0346. The normalized spacial score (nSPS) is 16.7. The van der Waals surface area contributed by atoms with E-state index in [2.05, 4.69) is 0 Å². The first-order valence-corrected chi connectivity index (χ1v) is 5.54. The molecule has 1 fully saturated rings. The van der Waals surface area contributed by atoms with Crippen LogP contribution in [0.4, 0.5) is 5.69 Å². The van der Waals surface area contributed by atoms with Crippen LogP contribution in [0, 0.1) is 0 Å². The number of nitrogen functional groups attached to an aromatic ring is 1. The van der Waals surface area contributed by atoms with Crippen molar-refractivity contribution in [3.05, 3.63) is 23.8 Å². The number of phenols is 1. The lowest BCUT2D eigenvalue weighted by Crippen LogP contribution is -2.26. The van der Waals surface area contributed by atoms with Crippen LogP contribution in [0.2, 0.25) is 0 Å². The average molecular weight is 237 g/mol. The lowest BCUT2D eigenvalue weighted by atomic mass is 10.1. The zero-order valence-electron chi connectivity index (χ0n) is 9.39. The fraction of sp³-hybridized carbons (Fsp3) is 0.417. The molecule has 0 spiro atoms. The summed E-state index contributed by atoms with van der Waals surface area (Å²) < 4.78 is 10.5. The second-order valence-corrected chi connectivity index (χ2v) is 3.99. The first-order chi connectivity index (χ1) is 8.16. The third-order valence-electron chi connectivity index (χ3n) is 2.71. The van der Waals surface area contributed by atoms with Gasteiger partial charge < -0.3 is 20.3 Å². The Balaban J connectivity index is 2.01. The Bertz CT molecular complexity index is 413. The van der Waals surface area contributed by atoms with E-state index in [4.69, 9.17) is 15.2 Å². The van der Waals surface area contributed by atoms with E-state index < -0.39 is 5.97 Å². The number of nitrogens with two attached hydrogens (primary N) is 1. The lowest BCUT2D eigenvalue weighted by molar-refractivity contribution is -0.0159. The Labute approximate surface area is 99.1 Å². The largest absolute Gasteiger partial charge is 0.506 e. The van der Waals surface area contributed by atoms with Crippen molar-refractivity contribution in [2.24, 2.45) is 0 Å². The summed E-state index contributed by atoms with van der Waals surface area (Å²) in [5, 5.41) is 9.25. The zero-order valence-corrected chi connectivity index (χ0v) is 9.39. The van der Waals surface area contributed by atoms with Gasteiger partial charge in [-0.3, -0.25) is 0 Å². The van der Waals surface area contributed by atoms with Crippen molar-refractivity contribution < 1.29 is 19.4 Å². The summed E-state index contributed by atoms with van der Waals surface area (Å²) in [5.41, 5.74) is 6.04. The van der Waals surface area contributed by atoms with E-state index in [9.17, 15) is 9.90 Å². The number of benzene rings is 1. The minimum Gasteiger partial charge on any atom is -0.506 e. The fourth-order valence-electron chi connectivity index (χ4n) is 1.69. The highest BCUT2D eigenvalue weighted by Crippen LogP contribution is 2.22. The summed E-state index contributed by atoms with van der Waals surface area (Å²) in [7, 11) is 0. The maximum Gasteiger partial charge on any atom is 0.338 e. The van der Waals surface area contributed by atoms with Crippen molar-refractivity contribution in [3.8, 4) is 5.75 Å². The Kier molecular flexibility index (Phi) is 3.49. The number of hydrogen-bond donors (Lipinski definition) is 2. The first kappa shape index (κ1) is 11.7. The van der Waals surface area contributed by atoms with Gasteiger partial charge in [0, 0.05) is 12.8 Å². The monoisotopic (exact) mass is 237 g/mol. The van der Waals surface area contributed by atoms with E-state index in [1.165, 1.54) is 18.2 Å². The van der Waals surface area contributed by atoms with Gasteiger partial charge in [-0.1, -0.05) is 0 Å². The molecular formula is C12H15NO4. The number of hydrogen-bond acceptors (Lipinski definition) is 5. The zero-order chi connectivity index (χ0) is 12.3. The summed E-state index contributed by atoms with van der Waals surface area (Å²) in [5.74, 6) is -0.448. The van der Waals surface area contributed by atoms with Gasteiger partial charge >= 0.3 is 5.97 Å². The summed E-state index contributed by atoms with van der Waals surface area (Å²) in [6.45, 7) is 1.24. The van der Waals surface area contributed by atoms with Crippen LogP contribution in [-0.4, -0.2) is 30.4 Å². The molecule has 92 valence electrons. The summed E-state index contributed by atoms with van der Waals surface area (Å²) in [6.07, 6.45) is 1.35. The van der Waals surface area contributed by atoms with Gasteiger partial charge in [0.05, 0.1) is 24.5 Å². The van der Waals surface area contributed by atoms with E-state index in [0.29, 0.717) is 18.8 Å². The van der Waals surface area contributed by atoms with Gasteiger partial charge in [0.15, 0.2) is 0 Å². The molecule has 0 aliphatic carbocycles. The molecule has 0 radical (unpaired) electrons. The number of carbonyl (C=O) groups excluding carboxylic acids is 1. The number of carbonyl (C=O) groups is 1. The van der Waals surface area contributed by atoms with Gasteiger partial charge in [-0.25, -0.2) is 4.79 Å². The van der Waals surface area contributed by atoms with Crippen LogP contribution in [0.25, 0.3) is 0 Å². The third kappa shape index (κ3) is 2.88. The summed E-state index contributed by atoms with van der Waals surface area (Å²) in [6, 6.07) is 4.29. The molecule has 2 rings (SSSR count). The van der Waals surface area contributed by atoms with Crippen LogP contribution in [0.15, 0.2) is 18.2 Å². The quantitative estimate of drug-likeness (QED) is 0.460. The number of rotatable bonds is 2. The van der Waals surface area contributed by atoms with Crippen molar-refractivity contribution in [1.29, 1.82) is 0 Å². The van der Waals surface area contributed by atoms with Crippen LogP contribution < -0.4 is 5.73 Å². The van der Waals surface area contributed by atoms with Crippen molar-refractivity contribution in [2.75, 3.05) is 18.9 Å². The molecule has 1 aliphatic heterocycles. The van der Waals surface area contributed by atoms with E-state index in [-0.39, 0.29) is 17.5 Å². The second-order valence-electron chi connectivity index (χ2n) is 3.99. The molecule has 1 aliphatic rings. The molecule has 1 saturated heterocycles. The predicted molar refractivity (Wildman–Crippen MR) is 61.8 cm³/mol. The van der Waals surface area contributed by atoms with Gasteiger partial charge in [-0.2, -0.15) is 0 Å². The molecule has 1 heterocycles. The number of ether oxygens (including phenoxy) is 2. The maximum atomic E-state index is 11.8. The number of anilines is 1. The molecule has 0 amide bonds. The minimum atomic E-state index is -0.413. The molecule has 0 aromatic heterocycles. The van der Waals surface area contributed by atoms with E-state index in [1.54, 1.807) is 0 Å². The highest BCUT2D eigenvalue weighted by Gasteiger charge is 2.19. The third-order valence-corrected chi connectivity index (χ3v) is 2.71. The van der Waals surface area contributed by atoms with E-state index >= 15 is 0 Å². The molecule has 0 unspecified atom stereocenters. The van der Waals surface area contributed by atoms with Gasteiger partial charge in [0.2, 0.25) is 0 Å². The number of phenolic OH excluding ortho intramolecular Hbond substituents is 1. The Morgan fingerprint density at radius 1 is 1.41 bits per heavy atom. The van der Waals surface area contributed by atoms with Gasteiger partial charge in [0.1, 0.15) is 11.9 Å². The van der Waals surface area contributed by atoms with Crippen LogP contribution >= 0.6 is 0 Å². The summed E-state index contributed by atoms with van der Waals surface area (Å²) in [4.78, 5) is 11.8. The molecule has 0 saturated carbocycles. The molecular weight excluding hydrogens is 222 g/mol. The molecule has 1 aromatic carbocycles. The highest BCUT2D eigenvalue weighted by molar-refractivity contribution is 5.91. The molecule has 0 atom stereocenters. The average Bonchev–Trinajstić information content (AvgIpc) is 2.34. The Morgan fingerprint density at radius 2 is 2.12 bits per heavy atom. The molecule has 5 nitrogen and oxygen atoms in total. The maximum absolute atomic E-state index is 11.8. The topological polar surface area (TPSA) is 81.8 Å². The second kappa shape index (κ2) is 5.05. The van der Waals surface area contributed by atoms with Crippen LogP contribution in [0.1, 0.15) is 23.2 Å². The standard InChI is InChI=1S/C12H15NO4/c13-10-7-8(1-2-11(10)14)12(15)17-9-3-5-16-6-4-9/h1-2,7,9,14H,3-6,13H2. The van der Waals surface area contributed by atoms with Crippen LogP contribution in [0.3, 0.4) is 0 Å². The highest BCUT2D eigenvalue weighted by atomic mass is 16.6. The van der Waals surface area contributed by atoms with Crippen molar-refractivity contribution in [3.63, 3.8) is 0 Å². The SMILES string of the molecule is Nc1cc(C(=O)OC2CCOCC2)ccc1O. The van der Waals surface area contributed by atoms with E-state index in [0.717, 1.165) is 12.8 Å². The number of aromatic hydroxyl groups is 1. The van der Waals surface area contributed by atoms with E-state index in [1.807, 2.05) is 0 Å². The summed E-state index contributed by atoms with van der Waals surface area (Å²) >= 11 is 0. The van der Waals surface area contributed by atoms with Crippen molar-refractivity contribution >= 4 is 11.7 Å². The van der Waals surface area contributed by atoms with Gasteiger partial charge in [-0.05, 0) is 18.2 Å². The molecule has 3 N–H and O–H groups in total. The fourth-order valence-corrected chi connectivity index (χ4v) is 1.69. The van der Waals surface area contributed by atoms with Gasteiger partial charge in [0.25, 0.3) is 0 Å². The lowest BCUT2D eigenvalue weighted by Gasteiger charge is -2.22. The predicted octanol–water partition coefficient (Wildman–Crippen LogP) is 1.31. The molecule has 17 heavy (non-hydrogen) atoms.